The van der Waals surface area contributed by atoms with E-state index in [1.807, 2.05) is 36.4 Å². The van der Waals surface area contributed by atoms with Gasteiger partial charge in [-0.2, -0.15) is 0 Å². The second kappa shape index (κ2) is 7.69. The number of halogens is 2. The third-order valence-electron chi connectivity index (χ3n) is 7.12. The van der Waals surface area contributed by atoms with Crippen LogP contribution in [-0.2, 0) is 0 Å². The Hall–Kier alpha value is -3.28. The molecule has 0 amide bonds. The zero-order chi connectivity index (χ0) is 21.7. The lowest BCUT2D eigenvalue weighted by Gasteiger charge is -2.42. The Kier molecular flexibility index (Phi) is 4.67. The summed E-state index contributed by atoms with van der Waals surface area (Å²) in [6.45, 7) is 0. The van der Waals surface area contributed by atoms with Crippen molar-refractivity contribution in [2.45, 2.75) is 38.1 Å². The third-order valence-corrected chi connectivity index (χ3v) is 7.12. The van der Waals surface area contributed by atoms with Gasteiger partial charge in [0.15, 0.2) is 5.82 Å². The Labute approximate surface area is 185 Å². The van der Waals surface area contributed by atoms with Crippen molar-refractivity contribution in [2.75, 3.05) is 5.32 Å². The molecule has 3 aliphatic carbocycles. The van der Waals surface area contributed by atoms with Gasteiger partial charge in [0, 0.05) is 40.9 Å². The third kappa shape index (κ3) is 3.44. The van der Waals surface area contributed by atoms with Crippen molar-refractivity contribution in [2.24, 2.45) is 11.8 Å². The number of aromatic nitrogens is 3. The number of hydrogen-bond acceptors (Lipinski definition) is 3. The second-order valence-electron chi connectivity index (χ2n) is 9.11. The second-order valence-corrected chi connectivity index (χ2v) is 9.11. The normalized spacial score (nSPS) is 22.4. The number of rotatable bonds is 4. The molecule has 3 saturated carbocycles. The highest BCUT2D eigenvalue weighted by molar-refractivity contribution is 5.94. The first-order valence-electron chi connectivity index (χ1n) is 11.3. The first kappa shape index (κ1) is 19.4. The topological polar surface area (TPSA) is 53.6 Å². The molecule has 4 aromatic rings. The van der Waals surface area contributed by atoms with Crippen LogP contribution in [0.15, 0.2) is 54.7 Å². The van der Waals surface area contributed by atoms with Crippen molar-refractivity contribution in [3.63, 3.8) is 0 Å². The first-order chi connectivity index (χ1) is 15.6. The van der Waals surface area contributed by atoms with E-state index in [1.54, 1.807) is 6.20 Å². The van der Waals surface area contributed by atoms with E-state index in [0.717, 1.165) is 29.1 Å². The van der Waals surface area contributed by atoms with Crippen molar-refractivity contribution in [1.29, 1.82) is 0 Å². The molecule has 32 heavy (non-hydrogen) atoms. The number of fused-ring (bicyclic) bond motifs is 4. The van der Waals surface area contributed by atoms with Crippen LogP contribution in [-0.4, -0.2) is 21.0 Å². The summed E-state index contributed by atoms with van der Waals surface area (Å²) in [5.41, 5.74) is 2.60. The molecule has 162 valence electrons. The van der Waals surface area contributed by atoms with Gasteiger partial charge in [0.05, 0.1) is 11.2 Å². The monoisotopic (exact) mass is 430 g/mol. The maximum absolute atomic E-state index is 14.3. The van der Waals surface area contributed by atoms with E-state index in [4.69, 9.17) is 9.97 Å². The molecule has 4 nitrogen and oxygen atoms in total. The molecule has 0 spiro atoms. The summed E-state index contributed by atoms with van der Waals surface area (Å²) in [6.07, 6.45) is 8.04. The molecule has 0 aliphatic heterocycles. The van der Waals surface area contributed by atoms with Crippen molar-refractivity contribution in [3.05, 3.63) is 66.4 Å². The van der Waals surface area contributed by atoms with Crippen LogP contribution in [0, 0.1) is 23.5 Å². The van der Waals surface area contributed by atoms with Crippen LogP contribution in [0.1, 0.15) is 32.1 Å². The van der Waals surface area contributed by atoms with E-state index in [2.05, 4.69) is 10.3 Å². The number of H-pyrrole nitrogens is 1. The molecule has 1 unspecified atom stereocenters. The van der Waals surface area contributed by atoms with Crippen LogP contribution in [0.3, 0.4) is 0 Å². The van der Waals surface area contributed by atoms with Gasteiger partial charge in [-0.15, -0.1) is 0 Å². The summed E-state index contributed by atoms with van der Waals surface area (Å²) in [4.78, 5) is 12.5. The number of anilines is 1. The summed E-state index contributed by atoms with van der Waals surface area (Å²) in [5, 5.41) is 4.13. The van der Waals surface area contributed by atoms with Crippen molar-refractivity contribution in [1.82, 2.24) is 15.0 Å². The van der Waals surface area contributed by atoms with Gasteiger partial charge in [-0.1, -0.05) is 43.2 Å². The summed E-state index contributed by atoms with van der Waals surface area (Å²) < 4.78 is 28.3. The van der Waals surface area contributed by atoms with Crippen LogP contribution < -0.4 is 5.32 Å². The lowest BCUT2D eigenvalue weighted by molar-refractivity contribution is 0.157. The van der Waals surface area contributed by atoms with Gasteiger partial charge in [0.25, 0.3) is 0 Å². The predicted octanol–water partition coefficient (Wildman–Crippen LogP) is 6.56. The van der Waals surface area contributed by atoms with E-state index in [-0.39, 0.29) is 5.52 Å². The Balaban J connectivity index is 1.46. The van der Waals surface area contributed by atoms with Crippen molar-refractivity contribution < 1.29 is 8.78 Å². The molecule has 1 atom stereocenters. The highest BCUT2D eigenvalue weighted by atomic mass is 19.1. The minimum absolute atomic E-state index is 0.259. The number of nitrogens with one attached hydrogen (secondary N) is 2. The molecular weight excluding hydrogens is 406 g/mol. The molecule has 3 fully saturated rings. The van der Waals surface area contributed by atoms with E-state index >= 15 is 0 Å². The number of benzene rings is 2. The molecule has 2 bridgehead atoms. The molecule has 2 N–H and O–H groups in total. The summed E-state index contributed by atoms with van der Waals surface area (Å²) in [7, 11) is 0. The Morgan fingerprint density at radius 2 is 1.75 bits per heavy atom. The molecule has 6 heteroatoms. The van der Waals surface area contributed by atoms with E-state index in [9.17, 15) is 8.78 Å². The lowest BCUT2D eigenvalue weighted by Crippen LogP contribution is -2.40. The maximum Gasteiger partial charge on any atom is 0.164 e. The Morgan fingerprint density at radius 1 is 0.938 bits per heavy atom. The van der Waals surface area contributed by atoms with Gasteiger partial charge < -0.3 is 10.3 Å². The minimum Gasteiger partial charge on any atom is -0.367 e. The van der Waals surface area contributed by atoms with Crippen LogP contribution in [0.2, 0.25) is 0 Å². The fourth-order valence-corrected chi connectivity index (χ4v) is 5.48. The van der Waals surface area contributed by atoms with Crippen molar-refractivity contribution >= 4 is 16.7 Å². The maximum atomic E-state index is 14.3. The van der Waals surface area contributed by atoms with Gasteiger partial charge >= 0.3 is 0 Å². The molecule has 2 aromatic carbocycles. The lowest BCUT2D eigenvalue weighted by atomic mass is 9.68. The predicted molar refractivity (Wildman–Crippen MR) is 122 cm³/mol. The standard InChI is InChI=1S/C26H24F2N4/c27-18-11-19-20(14-29-25(19)21(28)12-18)26-31-23(16-4-2-1-3-5-16)13-24(32-26)30-22-10-15-6-8-17(22)9-7-15/h1-5,11-15,17,22,29H,6-10H2,(H,30,31,32). The minimum atomic E-state index is -0.623. The number of aromatic amines is 1. The van der Waals surface area contributed by atoms with Crippen LogP contribution in [0.25, 0.3) is 33.5 Å². The highest BCUT2D eigenvalue weighted by Gasteiger charge is 2.35. The average Bonchev–Trinajstić information content (AvgIpc) is 3.24. The fourth-order valence-electron chi connectivity index (χ4n) is 5.48. The average molecular weight is 431 g/mol. The quantitative estimate of drug-likeness (QED) is 0.385. The van der Waals surface area contributed by atoms with Crippen LogP contribution >= 0.6 is 0 Å². The summed E-state index contributed by atoms with van der Waals surface area (Å²) in [5.74, 6) is 1.44. The number of nitrogens with zero attached hydrogens (tertiary/aromatic N) is 2. The SMILES string of the molecule is Fc1cc(F)c2[nH]cc(-c3nc(NC4CC5CCC4CC5)cc(-c4ccccc4)n3)c2c1. The Morgan fingerprint density at radius 3 is 2.50 bits per heavy atom. The van der Waals surface area contributed by atoms with Crippen LogP contribution in [0.4, 0.5) is 14.6 Å². The highest BCUT2D eigenvalue weighted by Crippen LogP contribution is 2.42. The summed E-state index contributed by atoms with van der Waals surface area (Å²) >= 11 is 0. The molecule has 7 rings (SSSR count). The van der Waals surface area contributed by atoms with Gasteiger partial charge in [0.1, 0.15) is 17.5 Å². The molecule has 3 aliphatic rings. The van der Waals surface area contributed by atoms with Gasteiger partial charge in [0.2, 0.25) is 0 Å². The largest absolute Gasteiger partial charge is 0.367 e. The van der Waals surface area contributed by atoms with Gasteiger partial charge in [-0.3, -0.25) is 0 Å². The van der Waals surface area contributed by atoms with Crippen molar-refractivity contribution in [3.8, 4) is 22.6 Å². The van der Waals surface area contributed by atoms with E-state index in [0.29, 0.717) is 28.7 Å². The Bertz CT molecular complexity index is 1280. The van der Waals surface area contributed by atoms with Gasteiger partial charge in [-0.05, 0) is 37.2 Å². The fraction of sp³-hybridized carbons (Fsp3) is 0.308. The molecule has 2 heterocycles. The van der Waals surface area contributed by atoms with E-state index < -0.39 is 11.6 Å². The zero-order valence-corrected chi connectivity index (χ0v) is 17.6. The summed E-state index contributed by atoms with van der Waals surface area (Å²) in [6, 6.07) is 14.5. The number of hydrogen-bond donors (Lipinski definition) is 2. The van der Waals surface area contributed by atoms with Crippen LogP contribution in [0.5, 0.6) is 0 Å². The molecular formula is C26H24F2N4. The van der Waals surface area contributed by atoms with Gasteiger partial charge in [-0.25, -0.2) is 18.7 Å². The first-order valence-corrected chi connectivity index (χ1v) is 11.3. The molecule has 0 radical (unpaired) electrons. The molecule has 0 saturated heterocycles. The smallest absolute Gasteiger partial charge is 0.164 e. The zero-order valence-electron chi connectivity index (χ0n) is 17.6. The molecule has 2 aromatic heterocycles. The van der Waals surface area contributed by atoms with E-state index in [1.165, 1.54) is 38.2 Å².